The van der Waals surface area contributed by atoms with Gasteiger partial charge in [-0.3, -0.25) is 57.7 Å². The van der Waals surface area contributed by atoms with Gasteiger partial charge < -0.3 is 52.4 Å². The molecule has 25 heteroatoms. The predicted octanol–water partition coefficient (Wildman–Crippen LogP) is 4.58. The highest BCUT2D eigenvalue weighted by atomic mass is 32.1. The minimum absolute atomic E-state index is 0.00567. The first-order chi connectivity index (χ1) is 39.7. The molecule has 0 aliphatic carbocycles. The number of hydrogen-bond acceptors (Lipinski definition) is 15. The molecule has 464 valence electrons. The topological polar surface area (TPSA) is 338 Å². The number of thiazole rings is 1. The number of nitrogens with two attached hydrogens (primary N) is 1. The van der Waals surface area contributed by atoms with Crippen LogP contribution in [0.5, 0.6) is 0 Å². The van der Waals surface area contributed by atoms with Crippen molar-refractivity contribution >= 4 is 82.3 Å². The van der Waals surface area contributed by atoms with Crippen molar-refractivity contribution in [2.75, 3.05) is 32.5 Å². The van der Waals surface area contributed by atoms with E-state index < -0.39 is 108 Å². The first-order valence-corrected chi connectivity index (χ1v) is 30.1. The molecule has 24 nitrogen and oxygen atoms in total. The number of hydrogen-bond donors (Lipinski definition) is 8. The summed E-state index contributed by atoms with van der Waals surface area (Å²) in [7, 11) is 3.59. The molecule has 10 atom stereocenters. The molecule has 0 radical (unpaired) electrons. The number of anilines is 1. The van der Waals surface area contributed by atoms with Crippen molar-refractivity contribution in [1.29, 1.82) is 0 Å². The monoisotopic (exact) mass is 1190 g/mol. The van der Waals surface area contributed by atoms with Crippen LogP contribution < -0.4 is 37.6 Å². The lowest BCUT2D eigenvalue weighted by Crippen LogP contribution is -2.58. The normalized spacial score (nSPS) is 17.6. The van der Waals surface area contributed by atoms with Gasteiger partial charge in [-0.2, -0.15) is 0 Å². The summed E-state index contributed by atoms with van der Waals surface area (Å²) in [5.41, 5.74) is 6.21. The number of likely N-dealkylation sites (N-methyl/N-ethyl adjacent to an activating group) is 2. The van der Waals surface area contributed by atoms with Crippen molar-refractivity contribution < 1.29 is 62.6 Å². The van der Waals surface area contributed by atoms with E-state index in [0.29, 0.717) is 41.9 Å². The Bertz CT molecular complexity index is 2650. The van der Waals surface area contributed by atoms with Crippen LogP contribution in [0.4, 0.5) is 10.5 Å². The van der Waals surface area contributed by atoms with Crippen LogP contribution >= 0.6 is 11.3 Å². The fourth-order valence-electron chi connectivity index (χ4n) is 10.3. The number of rotatable bonds is 33. The van der Waals surface area contributed by atoms with E-state index in [9.17, 15) is 57.8 Å². The summed E-state index contributed by atoms with van der Waals surface area (Å²) in [5, 5.41) is 28.4. The second-order valence-corrected chi connectivity index (χ2v) is 23.7. The summed E-state index contributed by atoms with van der Waals surface area (Å²) >= 11 is 1.09. The molecule has 10 amide bonds. The van der Waals surface area contributed by atoms with Gasteiger partial charge in [-0.25, -0.2) is 9.78 Å². The minimum Gasteiger partial charge on any atom is -0.481 e. The zero-order valence-corrected chi connectivity index (χ0v) is 51.3. The largest absolute Gasteiger partial charge is 0.481 e. The smallest absolute Gasteiger partial charge is 0.312 e. The van der Waals surface area contributed by atoms with Crippen LogP contribution in [0.3, 0.4) is 0 Å². The number of nitrogens with zero attached hydrogens (tertiary/aromatic N) is 4. The molecular weight excluding hydrogens is 1100 g/mol. The molecule has 9 N–H and O–H groups in total. The number of carbonyl (C=O) groups excluding carboxylic acids is 10. The van der Waals surface area contributed by atoms with Crippen molar-refractivity contribution in [1.82, 2.24) is 46.3 Å². The Morgan fingerprint density at radius 1 is 0.833 bits per heavy atom. The lowest BCUT2D eigenvalue weighted by atomic mass is 9.92. The number of aromatic nitrogens is 1. The fourth-order valence-corrected chi connectivity index (χ4v) is 11.1. The highest BCUT2D eigenvalue weighted by molar-refractivity contribution is 7.09. The van der Waals surface area contributed by atoms with Crippen LogP contribution in [0.25, 0.3) is 0 Å². The van der Waals surface area contributed by atoms with Gasteiger partial charge in [-0.05, 0) is 94.0 Å². The number of likely N-dealkylation sites (tertiary alicyclic amines) is 1. The van der Waals surface area contributed by atoms with Gasteiger partial charge in [-0.15, -0.1) is 11.3 Å². The molecule has 2 aliphatic heterocycles. The van der Waals surface area contributed by atoms with Gasteiger partial charge in [0.15, 0.2) is 6.10 Å². The van der Waals surface area contributed by atoms with Gasteiger partial charge in [0.25, 0.3) is 17.7 Å². The lowest BCUT2D eigenvalue weighted by molar-refractivity contribution is -0.149. The number of piperidine rings is 1. The van der Waals surface area contributed by atoms with Crippen molar-refractivity contribution in [3.63, 3.8) is 0 Å². The lowest BCUT2D eigenvalue weighted by Gasteiger charge is -2.38. The second-order valence-electron chi connectivity index (χ2n) is 22.8. The number of primary amides is 1. The van der Waals surface area contributed by atoms with Crippen molar-refractivity contribution in [3.8, 4) is 0 Å². The number of unbranched alkanes of at least 4 members (excludes halogenated alkanes) is 1. The first-order valence-electron chi connectivity index (χ1n) is 29.2. The molecule has 2 aromatic rings. The number of ether oxygens (including phenoxy) is 1. The van der Waals surface area contributed by atoms with E-state index in [1.165, 1.54) is 19.2 Å². The van der Waals surface area contributed by atoms with Crippen molar-refractivity contribution in [3.05, 3.63) is 58.1 Å². The molecule has 1 aromatic carbocycles. The quantitative estimate of drug-likeness (QED) is 0.0275. The van der Waals surface area contributed by atoms with Crippen molar-refractivity contribution in [2.45, 2.75) is 188 Å². The number of benzene rings is 1. The maximum atomic E-state index is 14.4. The Morgan fingerprint density at radius 3 is 2.07 bits per heavy atom. The summed E-state index contributed by atoms with van der Waals surface area (Å²) in [6.07, 6.45) is 6.35. The molecule has 2 unspecified atom stereocenters. The summed E-state index contributed by atoms with van der Waals surface area (Å²) < 4.78 is 5.83. The van der Waals surface area contributed by atoms with E-state index in [1.807, 2.05) is 46.6 Å². The Kier molecular flexibility index (Phi) is 27.4. The van der Waals surface area contributed by atoms with Gasteiger partial charge in [0.05, 0.1) is 12.0 Å². The molecule has 0 spiro atoms. The zero-order chi connectivity index (χ0) is 62.5. The Morgan fingerprint density at radius 2 is 1.50 bits per heavy atom. The minimum atomic E-state index is -1.19. The van der Waals surface area contributed by atoms with Crippen LogP contribution in [0.1, 0.15) is 160 Å². The number of aliphatic carboxylic acids is 1. The Hall–Kier alpha value is -7.28. The molecule has 1 aromatic heterocycles. The molecule has 0 saturated carbocycles. The third kappa shape index (κ3) is 20.5. The van der Waals surface area contributed by atoms with Gasteiger partial charge in [0.2, 0.25) is 29.5 Å². The average molecular weight is 1190 g/mol. The molecule has 4 rings (SSSR count). The third-order valence-corrected chi connectivity index (χ3v) is 16.4. The van der Waals surface area contributed by atoms with Gasteiger partial charge in [0, 0.05) is 62.2 Å². The van der Waals surface area contributed by atoms with Crippen LogP contribution in [0, 0.1) is 23.7 Å². The Balaban J connectivity index is 1.50. The van der Waals surface area contributed by atoms with Gasteiger partial charge in [-0.1, -0.05) is 93.2 Å². The Labute approximate surface area is 496 Å². The molecule has 3 heterocycles. The predicted molar refractivity (Wildman–Crippen MR) is 316 cm³/mol. The third-order valence-electron chi connectivity index (χ3n) is 15.5. The van der Waals surface area contributed by atoms with E-state index in [-0.39, 0.29) is 80.5 Å². The van der Waals surface area contributed by atoms with Crippen LogP contribution in [-0.4, -0.2) is 159 Å². The molecular formula is C59H89N11O13S. The number of esters is 1. The fraction of sp³-hybridized carbons (Fsp3) is 0.627. The SMILES string of the molecule is CCCCC(C(=O)N[C@H](C(=O)N[C@@H](CCCNC(N)=O)C(=O)Nc1ccc(C[C@@H](CC(C)C(=O)O)NC(=O)c2csc([C@@H](C[C@H](C(C)C)N(C)C(=O)[C@@H](NC(=O)[C@H]3CCCCN3C)[C@@H](C)CC)OC(C)=O)n2)cc1)C(C)C)N1C(=O)C=CC1=O. The highest BCUT2D eigenvalue weighted by Crippen LogP contribution is 2.32. The molecule has 1 fully saturated rings. The summed E-state index contributed by atoms with van der Waals surface area (Å²) in [5.74, 6) is -7.82. The zero-order valence-electron chi connectivity index (χ0n) is 50.5. The molecule has 2 aliphatic rings. The molecule has 0 bridgehead atoms. The summed E-state index contributed by atoms with van der Waals surface area (Å²) in [4.78, 5) is 154. The summed E-state index contributed by atoms with van der Waals surface area (Å²) in [6, 6.07) is -0.151. The van der Waals surface area contributed by atoms with Crippen LogP contribution in [-0.2, 0) is 54.3 Å². The maximum Gasteiger partial charge on any atom is 0.312 e. The van der Waals surface area contributed by atoms with E-state index in [4.69, 9.17) is 10.5 Å². The number of amides is 10. The first kappa shape index (κ1) is 69.2. The number of carboxylic acid groups (broad SMARTS) is 1. The summed E-state index contributed by atoms with van der Waals surface area (Å²) in [6.45, 7) is 16.7. The number of carboxylic acids is 1. The van der Waals surface area contributed by atoms with Gasteiger partial charge in [0.1, 0.15) is 34.9 Å². The van der Waals surface area contributed by atoms with Crippen LogP contribution in [0.15, 0.2) is 41.8 Å². The van der Waals surface area contributed by atoms with Crippen molar-refractivity contribution in [2.24, 2.45) is 29.4 Å². The average Bonchev–Trinajstić information content (AvgIpc) is 3.51. The number of urea groups is 1. The van der Waals surface area contributed by atoms with E-state index in [2.05, 4.69) is 36.9 Å². The standard InChI is InChI=1S/C59H89N11O13S/c1-12-14-19-44(70-47(72)25-26-48(70)73)54(77)66-49(34(5)6)55(78)64-41(18-17-27-61-59(60)82)51(74)62-39-23-21-38(22-24-39)30-40(29-36(8)58(80)81)63-52(75)42-32-84-56(65-42)46(83-37(9)71)31-45(33(3)4)69(11)57(79)50(35(7)13-2)67-53(76)43-20-15-16-28-68(43)10/h21-26,32-36,40-41,43-46,49-50H,12-20,27-31H2,1-11H3,(H,62,74)(H,63,75)(H,64,78)(H,66,77)(H,67,76)(H,80,81)(H3,60,61,82)/t35-,36?,40+,41-,43+,44?,45+,46+,49-,50-/m0/s1. The molecule has 1 saturated heterocycles. The van der Waals surface area contributed by atoms with Gasteiger partial charge >= 0.3 is 18.0 Å². The highest BCUT2D eigenvalue weighted by Gasteiger charge is 2.40. The van der Waals surface area contributed by atoms with E-state index in [1.54, 1.807) is 50.1 Å². The molecule has 84 heavy (non-hydrogen) atoms. The number of carbonyl (C=O) groups is 11. The number of imide groups is 1. The van der Waals surface area contributed by atoms with E-state index in [0.717, 1.165) is 47.8 Å². The van der Waals surface area contributed by atoms with E-state index >= 15 is 0 Å². The second kappa shape index (κ2) is 33.3. The number of nitrogens with one attached hydrogen (secondary N) is 6. The maximum absolute atomic E-state index is 14.4. The van der Waals surface area contributed by atoms with Crippen LogP contribution in [0.2, 0.25) is 0 Å².